The lowest BCUT2D eigenvalue weighted by atomic mass is 9.69. The number of carbonyl (C=O) groups excluding carboxylic acids is 1. The number of amides is 1. The maximum atomic E-state index is 12.9. The number of benzene rings is 1. The van der Waals surface area contributed by atoms with Crippen molar-refractivity contribution in [1.29, 1.82) is 5.26 Å². The van der Waals surface area contributed by atoms with Gasteiger partial charge in [-0.1, -0.05) is 51.1 Å². The first-order chi connectivity index (χ1) is 18.2. The molecule has 2 atom stereocenters. The average Bonchev–Trinajstić information content (AvgIpc) is 3.47. The third-order valence-corrected chi connectivity index (χ3v) is 9.84. The molecule has 1 N–H and O–H groups in total. The summed E-state index contributed by atoms with van der Waals surface area (Å²) in [6.45, 7) is 13.6. The Kier molecular flexibility index (Phi) is 8.84. The van der Waals surface area contributed by atoms with Gasteiger partial charge in [-0.15, -0.1) is 21.5 Å². The summed E-state index contributed by atoms with van der Waals surface area (Å²) in [7, 11) is 0. The molecule has 1 aromatic carbocycles. The molecule has 2 unspecified atom stereocenters. The zero-order valence-electron chi connectivity index (χ0n) is 23.1. The van der Waals surface area contributed by atoms with Gasteiger partial charge in [-0.2, -0.15) is 5.26 Å². The largest absolute Gasteiger partial charge is 0.483 e. The van der Waals surface area contributed by atoms with Crippen molar-refractivity contribution in [2.24, 2.45) is 11.3 Å². The van der Waals surface area contributed by atoms with Gasteiger partial charge in [0.15, 0.2) is 17.1 Å². The second-order valence-electron chi connectivity index (χ2n) is 10.6. The van der Waals surface area contributed by atoms with Crippen LogP contribution in [0.5, 0.6) is 5.75 Å². The maximum Gasteiger partial charge on any atom is 0.235 e. The molecule has 0 aliphatic heterocycles. The normalized spacial score (nSPS) is 16.0. The fraction of sp³-hybridized carbons (Fsp3) is 0.517. The number of aryl methyl sites for hydroxylation is 1. The molecule has 3 aromatic rings. The quantitative estimate of drug-likeness (QED) is 0.274. The van der Waals surface area contributed by atoms with Crippen molar-refractivity contribution in [3.05, 3.63) is 51.7 Å². The standard InChI is InChI=1S/C29H37N5O2S2/c1-7-29(5,6)20-12-13-22-23(16-30)27(38-24(22)15-20)31-25(35)17-37-28-33-32-26(34(28)8-2)19(4)36-21-11-9-10-18(3)14-21/h9-11,14,19-20H,7-8,12-13,15,17H2,1-6H3,(H,31,35). The summed E-state index contributed by atoms with van der Waals surface area (Å²) in [6.07, 6.45) is 3.81. The summed E-state index contributed by atoms with van der Waals surface area (Å²) in [5.74, 6) is 2.14. The van der Waals surface area contributed by atoms with Crippen LogP contribution in [-0.4, -0.2) is 26.4 Å². The third kappa shape index (κ3) is 6.08. The zero-order valence-corrected chi connectivity index (χ0v) is 24.8. The molecule has 1 aliphatic carbocycles. The second kappa shape index (κ2) is 11.9. The van der Waals surface area contributed by atoms with Gasteiger partial charge in [-0.3, -0.25) is 4.79 Å². The topological polar surface area (TPSA) is 92.8 Å². The lowest BCUT2D eigenvalue weighted by Gasteiger charge is -2.36. The first kappa shape index (κ1) is 28.2. The molecule has 202 valence electrons. The second-order valence-corrected chi connectivity index (χ2v) is 12.6. The summed E-state index contributed by atoms with van der Waals surface area (Å²) in [6, 6.07) is 10.3. The van der Waals surface area contributed by atoms with Gasteiger partial charge in [0.25, 0.3) is 0 Å². The minimum Gasteiger partial charge on any atom is -0.483 e. The summed E-state index contributed by atoms with van der Waals surface area (Å²) < 4.78 is 8.09. The van der Waals surface area contributed by atoms with E-state index in [1.807, 2.05) is 49.6 Å². The van der Waals surface area contributed by atoms with Crippen molar-refractivity contribution in [3.63, 3.8) is 0 Å². The number of hydrogen-bond acceptors (Lipinski definition) is 7. The van der Waals surface area contributed by atoms with Gasteiger partial charge >= 0.3 is 0 Å². The van der Waals surface area contributed by atoms with Crippen molar-refractivity contribution in [2.75, 3.05) is 11.1 Å². The van der Waals surface area contributed by atoms with Gasteiger partial charge in [0.2, 0.25) is 5.91 Å². The van der Waals surface area contributed by atoms with Crippen molar-refractivity contribution >= 4 is 34.0 Å². The van der Waals surface area contributed by atoms with Crippen LogP contribution < -0.4 is 10.1 Å². The minimum atomic E-state index is -0.287. The van der Waals surface area contributed by atoms with E-state index < -0.39 is 0 Å². The van der Waals surface area contributed by atoms with E-state index in [4.69, 9.17) is 4.74 Å². The van der Waals surface area contributed by atoms with Gasteiger partial charge in [0, 0.05) is 11.4 Å². The molecule has 0 radical (unpaired) electrons. The molecule has 0 fully saturated rings. The van der Waals surface area contributed by atoms with E-state index in [0.29, 0.717) is 28.2 Å². The van der Waals surface area contributed by atoms with Gasteiger partial charge in [0.05, 0.1) is 11.3 Å². The molecule has 1 aliphatic rings. The average molecular weight is 552 g/mol. The molecule has 0 saturated carbocycles. The van der Waals surface area contributed by atoms with Crippen molar-refractivity contribution < 1.29 is 9.53 Å². The van der Waals surface area contributed by atoms with Gasteiger partial charge in [-0.05, 0) is 74.6 Å². The number of nitrogens with one attached hydrogen (secondary N) is 1. The smallest absolute Gasteiger partial charge is 0.235 e. The number of ether oxygens (including phenoxy) is 1. The molecular weight excluding hydrogens is 514 g/mol. The Morgan fingerprint density at radius 2 is 2.16 bits per heavy atom. The Balaban J connectivity index is 1.41. The number of anilines is 1. The predicted octanol–water partition coefficient (Wildman–Crippen LogP) is 6.95. The van der Waals surface area contributed by atoms with Crippen LogP contribution in [0.2, 0.25) is 0 Å². The van der Waals surface area contributed by atoms with E-state index in [-0.39, 0.29) is 23.2 Å². The summed E-state index contributed by atoms with van der Waals surface area (Å²) in [4.78, 5) is 14.2. The van der Waals surface area contributed by atoms with Crippen molar-refractivity contribution in [3.8, 4) is 11.8 Å². The predicted molar refractivity (Wildman–Crippen MR) is 154 cm³/mol. The minimum absolute atomic E-state index is 0.146. The molecule has 1 amide bonds. The highest BCUT2D eigenvalue weighted by Gasteiger charge is 2.34. The number of nitriles is 1. The molecule has 0 bridgehead atoms. The monoisotopic (exact) mass is 551 g/mol. The highest BCUT2D eigenvalue weighted by Crippen LogP contribution is 2.45. The molecule has 9 heteroatoms. The Morgan fingerprint density at radius 1 is 1.37 bits per heavy atom. The number of aromatic nitrogens is 3. The van der Waals surface area contributed by atoms with Crippen molar-refractivity contribution in [2.45, 2.75) is 85.0 Å². The van der Waals surface area contributed by atoms with Gasteiger partial charge in [0.1, 0.15) is 16.8 Å². The summed E-state index contributed by atoms with van der Waals surface area (Å²) >= 11 is 2.92. The summed E-state index contributed by atoms with van der Waals surface area (Å²) in [5.41, 5.74) is 3.16. The zero-order chi connectivity index (χ0) is 27.4. The number of rotatable bonds is 10. The molecule has 4 rings (SSSR count). The van der Waals surface area contributed by atoms with Crippen LogP contribution in [0.25, 0.3) is 0 Å². The number of fused-ring (bicyclic) bond motifs is 1. The fourth-order valence-electron chi connectivity index (χ4n) is 4.99. The van der Waals surface area contributed by atoms with E-state index >= 15 is 0 Å². The number of thioether (sulfide) groups is 1. The first-order valence-corrected chi connectivity index (χ1v) is 15.1. The van der Waals surface area contributed by atoms with Crippen LogP contribution in [0.3, 0.4) is 0 Å². The molecule has 2 heterocycles. The van der Waals surface area contributed by atoms with E-state index in [1.54, 1.807) is 11.3 Å². The van der Waals surface area contributed by atoms with Gasteiger partial charge in [-0.25, -0.2) is 0 Å². The molecule has 7 nitrogen and oxygen atoms in total. The molecule has 38 heavy (non-hydrogen) atoms. The third-order valence-electron chi connectivity index (χ3n) is 7.71. The van der Waals surface area contributed by atoms with Crippen LogP contribution >= 0.6 is 23.1 Å². The molecule has 2 aromatic heterocycles. The highest BCUT2D eigenvalue weighted by molar-refractivity contribution is 7.99. The Morgan fingerprint density at radius 3 is 2.84 bits per heavy atom. The lowest BCUT2D eigenvalue weighted by Crippen LogP contribution is -2.28. The number of nitrogens with zero attached hydrogens (tertiary/aromatic N) is 4. The maximum absolute atomic E-state index is 12.9. The molecule has 0 spiro atoms. The number of carbonyl (C=O) groups is 1. The number of hydrogen-bond donors (Lipinski definition) is 1. The Labute approximate surface area is 234 Å². The highest BCUT2D eigenvalue weighted by atomic mass is 32.2. The lowest BCUT2D eigenvalue weighted by molar-refractivity contribution is -0.113. The van der Waals surface area contributed by atoms with Crippen molar-refractivity contribution in [1.82, 2.24) is 14.8 Å². The molecule has 0 saturated heterocycles. The molecular formula is C29H37N5O2S2. The van der Waals surface area contributed by atoms with Crippen LogP contribution in [0.15, 0.2) is 29.4 Å². The Bertz CT molecular complexity index is 1340. The first-order valence-electron chi connectivity index (χ1n) is 13.3. The van der Waals surface area contributed by atoms with Crippen LogP contribution in [0.1, 0.15) is 81.0 Å². The van der Waals surface area contributed by atoms with Gasteiger partial charge < -0.3 is 14.6 Å². The van der Waals surface area contributed by atoms with Crippen LogP contribution in [0.4, 0.5) is 5.00 Å². The van der Waals surface area contributed by atoms with Crippen LogP contribution in [0, 0.1) is 29.6 Å². The van der Waals surface area contributed by atoms with E-state index in [2.05, 4.69) is 42.4 Å². The van der Waals surface area contributed by atoms with E-state index in [0.717, 1.165) is 48.4 Å². The van der Waals surface area contributed by atoms with Crippen LogP contribution in [-0.2, 0) is 24.2 Å². The van der Waals surface area contributed by atoms with E-state index in [1.165, 1.54) is 16.6 Å². The Hall–Kier alpha value is -2.83. The fourth-order valence-corrected chi connectivity index (χ4v) is 7.09. The SMILES string of the molecule is CCn1c(SCC(=O)Nc2sc3c(c2C#N)CCC(C(C)(C)CC)C3)nnc1C(C)Oc1cccc(C)c1. The van der Waals surface area contributed by atoms with E-state index in [9.17, 15) is 10.1 Å². The number of thiophene rings is 1. The summed E-state index contributed by atoms with van der Waals surface area (Å²) in [5, 5.41) is 22.9.